The second-order valence-electron chi connectivity index (χ2n) is 7.15. The van der Waals surface area contributed by atoms with Crippen molar-refractivity contribution in [2.45, 2.75) is 20.0 Å². The number of halogens is 2. The maximum Gasteiger partial charge on any atom is 0.212 e. The largest absolute Gasteiger partial charge is 0.496 e. The summed E-state index contributed by atoms with van der Waals surface area (Å²) >= 11 is 6.41. The molecule has 2 heterocycles. The third-order valence-electron chi connectivity index (χ3n) is 4.95. The monoisotopic (exact) mass is 437 g/mol. The Morgan fingerprint density at radius 3 is 2.52 bits per heavy atom. The molecule has 0 bridgehead atoms. The molecule has 1 N–H and O–H groups in total. The summed E-state index contributed by atoms with van der Waals surface area (Å²) in [6.45, 7) is 4.05. The molecule has 0 saturated heterocycles. The summed E-state index contributed by atoms with van der Waals surface area (Å²) in [4.78, 5) is 11.2. The average Bonchev–Trinajstić information content (AvgIpc) is 3.16. The molecule has 158 valence electrons. The highest BCUT2D eigenvalue weighted by atomic mass is 35.5. The van der Waals surface area contributed by atoms with Gasteiger partial charge in [0.15, 0.2) is 0 Å². The third-order valence-corrected chi connectivity index (χ3v) is 5.22. The van der Waals surface area contributed by atoms with Crippen LogP contribution in [-0.4, -0.2) is 22.1 Å². The summed E-state index contributed by atoms with van der Waals surface area (Å²) in [6, 6.07) is 16.6. The minimum atomic E-state index is -0.557. The van der Waals surface area contributed by atoms with E-state index >= 15 is 0 Å². The fourth-order valence-electron chi connectivity index (χ4n) is 3.23. The molecule has 0 radical (unpaired) electrons. The van der Waals surface area contributed by atoms with Gasteiger partial charge in [-0.25, -0.2) is 9.97 Å². The zero-order valence-corrected chi connectivity index (χ0v) is 18.1. The molecule has 2 aromatic heterocycles. The smallest absolute Gasteiger partial charge is 0.212 e. The Bertz CT molecular complexity index is 1190. The molecule has 0 saturated carbocycles. The lowest BCUT2D eigenvalue weighted by molar-refractivity contribution is 0.226. The molecule has 0 amide bonds. The topological polar surface area (TPSA) is 60.0 Å². The summed E-state index contributed by atoms with van der Waals surface area (Å²) in [5, 5.41) is 0.347. The molecule has 0 fully saturated rings. The minimum absolute atomic E-state index is 0.122. The zero-order chi connectivity index (χ0) is 22.0. The van der Waals surface area contributed by atoms with Crippen molar-refractivity contribution in [3.63, 3.8) is 0 Å². The SMILES string of the molecule is COc1cc(O[C@@H](C)c2ccc(C)cc2)ccc1-c1nc(-c2ccc(F)nc2)[nH]c1Cl. The highest BCUT2D eigenvalue weighted by Crippen LogP contribution is 2.38. The summed E-state index contributed by atoms with van der Waals surface area (Å²) in [6.07, 6.45) is 1.28. The van der Waals surface area contributed by atoms with Crippen molar-refractivity contribution in [3.8, 4) is 34.1 Å². The normalized spacial score (nSPS) is 11.9. The van der Waals surface area contributed by atoms with Gasteiger partial charge in [-0.05, 0) is 43.7 Å². The number of ether oxygens (including phenoxy) is 2. The van der Waals surface area contributed by atoms with Crippen LogP contribution in [0.5, 0.6) is 11.5 Å². The third kappa shape index (κ3) is 4.54. The fraction of sp³-hybridized carbons (Fsp3) is 0.167. The summed E-state index contributed by atoms with van der Waals surface area (Å²) in [7, 11) is 1.58. The fourth-order valence-corrected chi connectivity index (χ4v) is 3.47. The Morgan fingerprint density at radius 1 is 1.06 bits per heavy atom. The Kier molecular flexibility index (Phi) is 5.91. The molecular weight excluding hydrogens is 417 g/mol. The van der Waals surface area contributed by atoms with E-state index in [1.807, 2.05) is 25.1 Å². The van der Waals surface area contributed by atoms with Gasteiger partial charge in [-0.1, -0.05) is 41.4 Å². The Hall–Kier alpha value is -3.38. The predicted octanol–water partition coefficient (Wildman–Crippen LogP) is 6.39. The van der Waals surface area contributed by atoms with E-state index in [0.29, 0.717) is 39.3 Å². The van der Waals surface area contributed by atoms with E-state index in [1.165, 1.54) is 17.8 Å². The molecule has 4 rings (SSSR count). The first-order valence-corrected chi connectivity index (χ1v) is 10.1. The molecule has 1 atom stereocenters. The number of nitrogens with zero attached hydrogens (tertiary/aromatic N) is 2. The number of rotatable bonds is 6. The molecule has 2 aromatic carbocycles. The highest BCUT2D eigenvalue weighted by Gasteiger charge is 2.18. The molecule has 31 heavy (non-hydrogen) atoms. The van der Waals surface area contributed by atoms with Crippen molar-refractivity contribution in [1.82, 2.24) is 15.0 Å². The number of hydrogen-bond acceptors (Lipinski definition) is 4. The predicted molar refractivity (Wildman–Crippen MR) is 119 cm³/mol. The molecule has 5 nitrogen and oxygen atoms in total. The number of aromatic amines is 1. The van der Waals surface area contributed by atoms with Gasteiger partial charge < -0.3 is 14.5 Å². The summed E-state index contributed by atoms with van der Waals surface area (Å²) < 4.78 is 24.8. The van der Waals surface area contributed by atoms with E-state index in [-0.39, 0.29) is 6.10 Å². The van der Waals surface area contributed by atoms with E-state index < -0.39 is 5.95 Å². The molecule has 0 aliphatic rings. The van der Waals surface area contributed by atoms with Crippen LogP contribution in [0.25, 0.3) is 22.6 Å². The van der Waals surface area contributed by atoms with E-state index in [4.69, 9.17) is 21.1 Å². The molecule has 0 unspecified atom stereocenters. The van der Waals surface area contributed by atoms with Gasteiger partial charge >= 0.3 is 0 Å². The van der Waals surface area contributed by atoms with Gasteiger partial charge in [0.05, 0.1) is 7.11 Å². The van der Waals surface area contributed by atoms with Crippen LogP contribution in [0, 0.1) is 12.9 Å². The standard InChI is InChI=1S/C24H21ClFN3O2/c1-14-4-6-16(7-5-14)15(2)31-18-9-10-19(20(12-18)30-3)22-23(25)29-24(28-22)17-8-11-21(26)27-13-17/h4-13,15H,1-3H3,(H,28,29)/t15-/m0/s1. The van der Waals surface area contributed by atoms with Gasteiger partial charge in [-0.2, -0.15) is 4.39 Å². The summed E-state index contributed by atoms with van der Waals surface area (Å²) in [5.41, 5.74) is 4.15. The number of pyridine rings is 1. The molecule has 0 spiro atoms. The minimum Gasteiger partial charge on any atom is -0.496 e. The van der Waals surface area contributed by atoms with Crippen molar-refractivity contribution >= 4 is 11.6 Å². The highest BCUT2D eigenvalue weighted by molar-refractivity contribution is 6.32. The second-order valence-corrected chi connectivity index (χ2v) is 7.53. The van der Waals surface area contributed by atoms with Crippen LogP contribution in [0.1, 0.15) is 24.2 Å². The van der Waals surface area contributed by atoms with Crippen LogP contribution in [0.2, 0.25) is 5.15 Å². The Labute approximate surface area is 184 Å². The number of aromatic nitrogens is 3. The van der Waals surface area contributed by atoms with Gasteiger partial charge in [0.25, 0.3) is 0 Å². The number of benzene rings is 2. The van der Waals surface area contributed by atoms with Gasteiger partial charge in [0.1, 0.15) is 34.3 Å². The van der Waals surface area contributed by atoms with Crippen molar-refractivity contribution in [3.05, 3.63) is 83.0 Å². The number of imidazole rings is 1. The van der Waals surface area contributed by atoms with Crippen LogP contribution in [0.3, 0.4) is 0 Å². The lowest BCUT2D eigenvalue weighted by atomic mass is 10.1. The Balaban J connectivity index is 1.61. The lowest BCUT2D eigenvalue weighted by Gasteiger charge is -2.17. The molecular formula is C24H21ClFN3O2. The van der Waals surface area contributed by atoms with E-state index in [9.17, 15) is 4.39 Å². The van der Waals surface area contributed by atoms with Crippen LogP contribution in [-0.2, 0) is 0 Å². The lowest BCUT2D eigenvalue weighted by Crippen LogP contribution is -2.03. The van der Waals surface area contributed by atoms with Crippen molar-refractivity contribution < 1.29 is 13.9 Å². The van der Waals surface area contributed by atoms with Crippen molar-refractivity contribution in [1.29, 1.82) is 0 Å². The van der Waals surface area contributed by atoms with E-state index in [1.54, 1.807) is 13.2 Å². The number of methoxy groups -OCH3 is 1. The van der Waals surface area contributed by atoms with E-state index in [0.717, 1.165) is 5.56 Å². The number of hydrogen-bond donors (Lipinski definition) is 1. The summed E-state index contributed by atoms with van der Waals surface area (Å²) in [5.74, 6) is 1.18. The number of H-pyrrole nitrogens is 1. The van der Waals surface area contributed by atoms with Gasteiger partial charge in [-0.3, -0.25) is 0 Å². The molecule has 4 aromatic rings. The van der Waals surface area contributed by atoms with Gasteiger partial charge in [-0.15, -0.1) is 0 Å². The quantitative estimate of drug-likeness (QED) is 0.355. The van der Waals surface area contributed by atoms with Crippen LogP contribution >= 0.6 is 11.6 Å². The van der Waals surface area contributed by atoms with Crippen LogP contribution < -0.4 is 9.47 Å². The average molecular weight is 438 g/mol. The molecule has 0 aliphatic carbocycles. The first-order chi connectivity index (χ1) is 14.9. The Morgan fingerprint density at radius 2 is 1.84 bits per heavy atom. The number of aryl methyl sites for hydroxylation is 1. The maximum atomic E-state index is 13.1. The molecule has 0 aliphatic heterocycles. The van der Waals surface area contributed by atoms with Gasteiger partial charge in [0, 0.05) is 23.4 Å². The van der Waals surface area contributed by atoms with Gasteiger partial charge in [0.2, 0.25) is 5.95 Å². The number of nitrogens with one attached hydrogen (secondary N) is 1. The van der Waals surface area contributed by atoms with Crippen molar-refractivity contribution in [2.24, 2.45) is 0 Å². The van der Waals surface area contributed by atoms with Crippen LogP contribution in [0.4, 0.5) is 4.39 Å². The second kappa shape index (κ2) is 8.78. The zero-order valence-electron chi connectivity index (χ0n) is 17.3. The van der Waals surface area contributed by atoms with Crippen molar-refractivity contribution in [2.75, 3.05) is 7.11 Å². The first kappa shape index (κ1) is 20.9. The van der Waals surface area contributed by atoms with E-state index in [2.05, 4.69) is 46.1 Å². The molecule has 7 heteroatoms. The van der Waals surface area contributed by atoms with Crippen LogP contribution in [0.15, 0.2) is 60.8 Å². The first-order valence-electron chi connectivity index (χ1n) is 9.73. The maximum absolute atomic E-state index is 13.1.